The Bertz CT molecular complexity index is 585. The first-order chi connectivity index (χ1) is 10.8. The van der Waals surface area contributed by atoms with Crippen LogP contribution in [0.3, 0.4) is 0 Å². The number of nitrogens with one attached hydrogen (secondary N) is 1. The number of hydrogen-bond donors (Lipinski definition) is 1. The lowest BCUT2D eigenvalue weighted by molar-refractivity contribution is -0.118. The molecule has 0 radical (unpaired) electrons. The van der Waals surface area contributed by atoms with Gasteiger partial charge in [-0.2, -0.15) is 5.10 Å². The Kier molecular flexibility index (Phi) is 4.75. The molecule has 0 saturated carbocycles. The average Bonchev–Trinajstić information content (AvgIpc) is 3.03. The highest BCUT2D eigenvalue weighted by molar-refractivity contribution is 5.92. The summed E-state index contributed by atoms with van der Waals surface area (Å²) in [6, 6.07) is 3.92. The van der Waals surface area contributed by atoms with Crippen molar-refractivity contribution in [2.75, 3.05) is 18.4 Å². The van der Waals surface area contributed by atoms with Crippen molar-refractivity contribution < 1.29 is 4.79 Å². The molecule has 0 bridgehead atoms. The second kappa shape index (κ2) is 7.13. The number of nitrogens with zero attached hydrogens (tertiary/aromatic N) is 5. The van der Waals surface area contributed by atoms with Crippen molar-refractivity contribution in [2.45, 2.75) is 31.8 Å². The van der Waals surface area contributed by atoms with E-state index >= 15 is 0 Å². The second-order valence-corrected chi connectivity index (χ2v) is 5.52. The van der Waals surface area contributed by atoms with Gasteiger partial charge in [0.25, 0.3) is 0 Å². The van der Waals surface area contributed by atoms with Crippen LogP contribution in [0, 0.1) is 0 Å². The van der Waals surface area contributed by atoms with Crippen molar-refractivity contribution in [1.29, 1.82) is 0 Å². The molecule has 1 amide bonds. The lowest BCUT2D eigenvalue weighted by Crippen LogP contribution is -2.46. The first kappa shape index (κ1) is 14.6. The first-order valence-corrected chi connectivity index (χ1v) is 7.57. The molecule has 1 aliphatic rings. The topological polar surface area (TPSA) is 75.9 Å². The Hall–Kier alpha value is -2.28. The fourth-order valence-electron chi connectivity index (χ4n) is 2.84. The predicted octanol–water partition coefficient (Wildman–Crippen LogP) is 1.17. The number of carbonyl (C=O) groups excluding carboxylic acids is 1. The summed E-state index contributed by atoms with van der Waals surface area (Å²) in [4.78, 5) is 22.4. The highest BCUT2D eigenvalue weighted by Gasteiger charge is 2.24. The lowest BCUT2D eigenvalue weighted by atomic mass is 10.0. The summed E-state index contributed by atoms with van der Waals surface area (Å²) in [5.41, 5.74) is 0.782. The SMILES string of the molecule is O=C(CN1CCCC[C@@H]1Cn1cncn1)Nc1ccncc1. The molecule has 3 rings (SSSR count). The van der Waals surface area contributed by atoms with Crippen LogP contribution in [0.15, 0.2) is 37.2 Å². The molecule has 0 aliphatic carbocycles. The third-order valence-electron chi connectivity index (χ3n) is 3.92. The van der Waals surface area contributed by atoms with E-state index in [9.17, 15) is 4.79 Å². The van der Waals surface area contributed by atoms with Crippen LogP contribution in [-0.2, 0) is 11.3 Å². The molecule has 7 nitrogen and oxygen atoms in total. The number of pyridine rings is 1. The maximum Gasteiger partial charge on any atom is 0.238 e. The third-order valence-corrected chi connectivity index (χ3v) is 3.92. The minimum absolute atomic E-state index is 0.0108. The lowest BCUT2D eigenvalue weighted by Gasteiger charge is -2.34. The van der Waals surface area contributed by atoms with Crippen LogP contribution in [0.1, 0.15) is 19.3 Å². The number of amides is 1. The molecule has 1 fully saturated rings. The number of aromatic nitrogens is 4. The maximum absolute atomic E-state index is 12.2. The summed E-state index contributed by atoms with van der Waals surface area (Å²) in [5, 5.41) is 7.08. The standard InChI is InChI=1S/C15H20N6O/c22-15(19-13-4-6-16-7-5-13)10-20-8-2-1-3-14(20)9-21-12-17-11-18-21/h4-7,11-12,14H,1-3,8-10H2,(H,16,19,22)/t14-/m1/s1. The minimum atomic E-state index is 0.0108. The molecule has 116 valence electrons. The molecule has 3 heterocycles. The van der Waals surface area contributed by atoms with Gasteiger partial charge in [-0.05, 0) is 31.5 Å². The molecular formula is C15H20N6O. The van der Waals surface area contributed by atoms with Gasteiger partial charge in [0.15, 0.2) is 0 Å². The number of piperidine rings is 1. The van der Waals surface area contributed by atoms with Gasteiger partial charge in [0, 0.05) is 24.1 Å². The van der Waals surface area contributed by atoms with Gasteiger partial charge < -0.3 is 5.32 Å². The number of carbonyl (C=O) groups is 1. The molecular weight excluding hydrogens is 280 g/mol. The van der Waals surface area contributed by atoms with Gasteiger partial charge in [-0.1, -0.05) is 6.42 Å². The summed E-state index contributed by atoms with van der Waals surface area (Å²) in [6.45, 7) is 2.13. The smallest absolute Gasteiger partial charge is 0.238 e. The molecule has 1 atom stereocenters. The first-order valence-electron chi connectivity index (χ1n) is 7.57. The van der Waals surface area contributed by atoms with Gasteiger partial charge in [0.2, 0.25) is 5.91 Å². The van der Waals surface area contributed by atoms with Crippen molar-refractivity contribution in [2.24, 2.45) is 0 Å². The van der Waals surface area contributed by atoms with Gasteiger partial charge in [-0.25, -0.2) is 4.98 Å². The van der Waals surface area contributed by atoms with Crippen LogP contribution in [0.25, 0.3) is 0 Å². The summed E-state index contributed by atoms with van der Waals surface area (Å²) >= 11 is 0. The number of rotatable bonds is 5. The van der Waals surface area contributed by atoms with Gasteiger partial charge >= 0.3 is 0 Å². The van der Waals surface area contributed by atoms with E-state index in [1.807, 2.05) is 4.68 Å². The van der Waals surface area contributed by atoms with Crippen LogP contribution in [-0.4, -0.2) is 49.7 Å². The maximum atomic E-state index is 12.2. The fourth-order valence-corrected chi connectivity index (χ4v) is 2.84. The Morgan fingerprint density at radius 1 is 1.27 bits per heavy atom. The zero-order chi connectivity index (χ0) is 15.2. The number of likely N-dealkylation sites (tertiary alicyclic amines) is 1. The predicted molar refractivity (Wildman–Crippen MR) is 82.1 cm³/mol. The van der Waals surface area contributed by atoms with Crippen molar-refractivity contribution in [3.8, 4) is 0 Å². The van der Waals surface area contributed by atoms with Gasteiger partial charge in [-0.15, -0.1) is 0 Å². The van der Waals surface area contributed by atoms with Crippen molar-refractivity contribution >= 4 is 11.6 Å². The minimum Gasteiger partial charge on any atom is -0.325 e. The number of anilines is 1. The van der Waals surface area contributed by atoms with E-state index in [1.54, 1.807) is 37.2 Å². The Labute approximate surface area is 129 Å². The van der Waals surface area contributed by atoms with Crippen LogP contribution in [0.5, 0.6) is 0 Å². The monoisotopic (exact) mass is 300 g/mol. The summed E-state index contributed by atoms with van der Waals surface area (Å²) in [7, 11) is 0. The van der Waals surface area contributed by atoms with E-state index in [0.717, 1.165) is 31.6 Å². The van der Waals surface area contributed by atoms with Crippen molar-refractivity contribution in [3.63, 3.8) is 0 Å². The molecule has 0 unspecified atom stereocenters. The molecule has 22 heavy (non-hydrogen) atoms. The quantitative estimate of drug-likeness (QED) is 0.897. The summed E-state index contributed by atoms with van der Waals surface area (Å²) in [6.07, 6.45) is 10.0. The van der Waals surface area contributed by atoms with Crippen molar-refractivity contribution in [3.05, 3.63) is 37.2 Å². The summed E-state index contributed by atoms with van der Waals surface area (Å²) in [5.74, 6) is 0.0108. The highest BCUT2D eigenvalue weighted by Crippen LogP contribution is 2.18. The van der Waals surface area contributed by atoms with E-state index in [2.05, 4.69) is 25.3 Å². The largest absolute Gasteiger partial charge is 0.325 e. The molecule has 0 aromatic carbocycles. The van der Waals surface area contributed by atoms with E-state index < -0.39 is 0 Å². The highest BCUT2D eigenvalue weighted by atomic mass is 16.2. The molecule has 7 heteroatoms. The van der Waals surface area contributed by atoms with Crippen LogP contribution >= 0.6 is 0 Å². The normalized spacial score (nSPS) is 19.0. The second-order valence-electron chi connectivity index (χ2n) is 5.52. The van der Waals surface area contributed by atoms with Gasteiger partial charge in [0.1, 0.15) is 12.7 Å². The van der Waals surface area contributed by atoms with Gasteiger partial charge in [0.05, 0.1) is 13.1 Å². The molecule has 1 N–H and O–H groups in total. The zero-order valence-corrected chi connectivity index (χ0v) is 12.4. The van der Waals surface area contributed by atoms with E-state index in [-0.39, 0.29) is 5.91 Å². The molecule has 0 spiro atoms. The van der Waals surface area contributed by atoms with Gasteiger partial charge in [-0.3, -0.25) is 19.4 Å². The summed E-state index contributed by atoms with van der Waals surface area (Å²) < 4.78 is 1.84. The van der Waals surface area contributed by atoms with Crippen LogP contribution < -0.4 is 5.32 Å². The van der Waals surface area contributed by atoms with Crippen LogP contribution in [0.2, 0.25) is 0 Å². The van der Waals surface area contributed by atoms with E-state index in [4.69, 9.17) is 0 Å². The Balaban J connectivity index is 1.57. The van der Waals surface area contributed by atoms with E-state index in [1.165, 1.54) is 6.42 Å². The van der Waals surface area contributed by atoms with E-state index in [0.29, 0.717) is 12.6 Å². The Morgan fingerprint density at radius 2 is 2.14 bits per heavy atom. The molecule has 2 aromatic rings. The molecule has 1 saturated heterocycles. The Morgan fingerprint density at radius 3 is 2.91 bits per heavy atom. The zero-order valence-electron chi connectivity index (χ0n) is 12.4. The third kappa shape index (κ3) is 3.88. The van der Waals surface area contributed by atoms with Crippen molar-refractivity contribution in [1.82, 2.24) is 24.6 Å². The van der Waals surface area contributed by atoms with Crippen LogP contribution in [0.4, 0.5) is 5.69 Å². The average molecular weight is 300 g/mol. The fraction of sp³-hybridized carbons (Fsp3) is 0.467. The molecule has 2 aromatic heterocycles. The number of hydrogen-bond acceptors (Lipinski definition) is 5. The molecule has 1 aliphatic heterocycles.